The van der Waals surface area contributed by atoms with Gasteiger partial charge in [-0.2, -0.15) is 0 Å². The van der Waals surface area contributed by atoms with Crippen LogP contribution in [0.15, 0.2) is 29.4 Å². The second kappa shape index (κ2) is 8.30. The summed E-state index contributed by atoms with van der Waals surface area (Å²) in [7, 11) is 5.18. The Kier molecular flexibility index (Phi) is 6.39. The summed E-state index contributed by atoms with van der Waals surface area (Å²) in [5.74, 6) is 0.848. The highest BCUT2D eigenvalue weighted by Gasteiger charge is 2.21. The van der Waals surface area contributed by atoms with E-state index in [1.54, 1.807) is 26.1 Å². The van der Waals surface area contributed by atoms with Gasteiger partial charge in [-0.05, 0) is 19.9 Å². The molecule has 0 spiro atoms. The van der Waals surface area contributed by atoms with Gasteiger partial charge in [0, 0.05) is 26.8 Å². The van der Waals surface area contributed by atoms with Gasteiger partial charge in [0.15, 0.2) is 11.0 Å². The molecule has 0 saturated carbocycles. The van der Waals surface area contributed by atoms with Crippen LogP contribution in [0.4, 0.5) is 0 Å². The Labute approximate surface area is 147 Å². The summed E-state index contributed by atoms with van der Waals surface area (Å²) >= 11 is 1.42. The SMILES string of the molecule is COCCn1c(S[C@@H](C)C(=O)N(C)C)nnc1-c1cccc(C)c1. The minimum atomic E-state index is -0.226. The molecule has 1 amide bonds. The number of ether oxygens (including phenoxy) is 1. The van der Waals surface area contributed by atoms with Crippen LogP contribution in [0.1, 0.15) is 12.5 Å². The van der Waals surface area contributed by atoms with Crippen LogP contribution in [0.2, 0.25) is 0 Å². The highest BCUT2D eigenvalue weighted by molar-refractivity contribution is 8.00. The van der Waals surface area contributed by atoms with Crippen LogP contribution in [-0.2, 0) is 16.1 Å². The molecule has 24 heavy (non-hydrogen) atoms. The van der Waals surface area contributed by atoms with E-state index in [-0.39, 0.29) is 11.2 Å². The van der Waals surface area contributed by atoms with E-state index in [2.05, 4.69) is 16.3 Å². The zero-order valence-corrected chi connectivity index (χ0v) is 15.6. The van der Waals surface area contributed by atoms with Gasteiger partial charge < -0.3 is 9.64 Å². The first kappa shape index (κ1) is 18.5. The molecule has 0 fully saturated rings. The fraction of sp³-hybridized carbons (Fsp3) is 0.471. The van der Waals surface area contributed by atoms with Gasteiger partial charge in [0.05, 0.1) is 18.4 Å². The predicted octanol–water partition coefficient (Wildman–Crippen LogP) is 2.47. The highest BCUT2D eigenvalue weighted by Crippen LogP contribution is 2.27. The summed E-state index contributed by atoms with van der Waals surface area (Å²) in [4.78, 5) is 13.7. The van der Waals surface area contributed by atoms with E-state index in [1.807, 2.05) is 36.6 Å². The van der Waals surface area contributed by atoms with E-state index in [1.165, 1.54) is 17.3 Å². The second-order valence-electron chi connectivity index (χ2n) is 5.81. The average molecular weight is 348 g/mol. The van der Waals surface area contributed by atoms with Crippen molar-refractivity contribution in [2.45, 2.75) is 30.8 Å². The molecule has 1 atom stereocenters. The highest BCUT2D eigenvalue weighted by atomic mass is 32.2. The molecule has 0 bridgehead atoms. The first-order chi connectivity index (χ1) is 11.4. The number of rotatable bonds is 7. The van der Waals surface area contributed by atoms with Crippen LogP contribution in [0, 0.1) is 6.92 Å². The summed E-state index contributed by atoms with van der Waals surface area (Å²) in [6, 6.07) is 8.15. The fourth-order valence-corrected chi connectivity index (χ4v) is 3.35. The van der Waals surface area contributed by atoms with Gasteiger partial charge in [0.2, 0.25) is 5.91 Å². The summed E-state index contributed by atoms with van der Waals surface area (Å²) in [5.41, 5.74) is 2.18. The van der Waals surface area contributed by atoms with Crippen molar-refractivity contribution in [3.63, 3.8) is 0 Å². The molecule has 2 aromatic rings. The Balaban J connectivity index is 2.33. The maximum Gasteiger partial charge on any atom is 0.235 e. The van der Waals surface area contributed by atoms with Crippen LogP contribution < -0.4 is 0 Å². The molecule has 0 N–H and O–H groups in total. The van der Waals surface area contributed by atoms with Crippen molar-refractivity contribution in [3.05, 3.63) is 29.8 Å². The Bertz CT molecular complexity index is 700. The minimum Gasteiger partial charge on any atom is -0.383 e. The fourth-order valence-electron chi connectivity index (χ4n) is 2.33. The molecule has 0 aliphatic rings. The Morgan fingerprint density at radius 3 is 2.75 bits per heavy atom. The monoisotopic (exact) mass is 348 g/mol. The largest absolute Gasteiger partial charge is 0.383 e. The quantitative estimate of drug-likeness (QED) is 0.720. The molecule has 130 valence electrons. The Morgan fingerprint density at radius 2 is 2.12 bits per heavy atom. The first-order valence-electron chi connectivity index (χ1n) is 7.81. The smallest absolute Gasteiger partial charge is 0.235 e. The van der Waals surface area contributed by atoms with Gasteiger partial charge in [0.25, 0.3) is 0 Å². The molecule has 7 heteroatoms. The third-order valence-electron chi connectivity index (χ3n) is 3.58. The number of amides is 1. The molecule has 0 aliphatic heterocycles. The number of hydrogen-bond donors (Lipinski definition) is 0. The van der Waals surface area contributed by atoms with Crippen molar-refractivity contribution in [1.29, 1.82) is 0 Å². The van der Waals surface area contributed by atoms with Crippen molar-refractivity contribution in [2.75, 3.05) is 27.8 Å². The molecular weight excluding hydrogens is 324 g/mol. The molecule has 0 radical (unpaired) electrons. The summed E-state index contributed by atoms with van der Waals surface area (Å²) in [5, 5.41) is 9.16. The topological polar surface area (TPSA) is 60.2 Å². The summed E-state index contributed by atoms with van der Waals surface area (Å²) in [6.07, 6.45) is 0. The standard InChI is InChI=1S/C17H24N4O2S/c1-12-7-6-8-14(11-12)15-18-19-17(21(15)9-10-23-5)24-13(2)16(22)20(3)4/h6-8,11,13H,9-10H2,1-5H3/t13-/m0/s1. The molecule has 1 aromatic carbocycles. The summed E-state index contributed by atoms with van der Waals surface area (Å²) < 4.78 is 7.23. The third-order valence-corrected chi connectivity index (χ3v) is 4.65. The van der Waals surface area contributed by atoms with Crippen molar-refractivity contribution in [1.82, 2.24) is 19.7 Å². The van der Waals surface area contributed by atoms with Gasteiger partial charge in [-0.15, -0.1) is 10.2 Å². The first-order valence-corrected chi connectivity index (χ1v) is 8.69. The van der Waals surface area contributed by atoms with E-state index < -0.39 is 0 Å². The number of benzene rings is 1. The molecule has 6 nitrogen and oxygen atoms in total. The van der Waals surface area contributed by atoms with Crippen LogP contribution in [0.3, 0.4) is 0 Å². The van der Waals surface area contributed by atoms with E-state index >= 15 is 0 Å². The minimum absolute atomic E-state index is 0.0541. The lowest BCUT2D eigenvalue weighted by Crippen LogP contribution is -2.29. The van der Waals surface area contributed by atoms with Gasteiger partial charge in [-0.25, -0.2) is 0 Å². The molecule has 0 saturated heterocycles. The molecule has 1 aromatic heterocycles. The number of thioether (sulfide) groups is 1. The molecule has 2 rings (SSSR count). The normalized spacial score (nSPS) is 12.2. The number of carbonyl (C=O) groups excluding carboxylic acids is 1. The average Bonchev–Trinajstić information content (AvgIpc) is 2.94. The van der Waals surface area contributed by atoms with E-state index in [9.17, 15) is 4.79 Å². The molecule has 0 unspecified atom stereocenters. The van der Waals surface area contributed by atoms with Crippen LogP contribution in [0.25, 0.3) is 11.4 Å². The Morgan fingerprint density at radius 1 is 1.38 bits per heavy atom. The zero-order chi connectivity index (χ0) is 17.7. The Hall–Kier alpha value is -1.86. The van der Waals surface area contributed by atoms with Crippen molar-refractivity contribution in [3.8, 4) is 11.4 Å². The van der Waals surface area contributed by atoms with E-state index in [4.69, 9.17) is 4.74 Å². The maximum absolute atomic E-state index is 12.1. The van der Waals surface area contributed by atoms with Crippen LogP contribution in [0.5, 0.6) is 0 Å². The van der Waals surface area contributed by atoms with Crippen LogP contribution in [-0.4, -0.2) is 58.6 Å². The lowest BCUT2D eigenvalue weighted by atomic mass is 10.1. The van der Waals surface area contributed by atoms with Gasteiger partial charge >= 0.3 is 0 Å². The molecule has 0 aliphatic carbocycles. The third kappa shape index (κ3) is 4.36. The van der Waals surface area contributed by atoms with Crippen molar-refractivity contribution < 1.29 is 9.53 Å². The lowest BCUT2D eigenvalue weighted by molar-refractivity contribution is -0.127. The number of methoxy groups -OCH3 is 1. The number of nitrogens with zero attached hydrogens (tertiary/aromatic N) is 4. The van der Waals surface area contributed by atoms with Gasteiger partial charge in [-0.1, -0.05) is 35.5 Å². The van der Waals surface area contributed by atoms with Gasteiger partial charge in [-0.3, -0.25) is 9.36 Å². The number of aryl methyl sites for hydroxylation is 1. The maximum atomic E-state index is 12.1. The second-order valence-corrected chi connectivity index (χ2v) is 7.12. The van der Waals surface area contributed by atoms with Crippen LogP contribution >= 0.6 is 11.8 Å². The number of hydrogen-bond acceptors (Lipinski definition) is 5. The predicted molar refractivity (Wildman–Crippen MR) is 96.1 cm³/mol. The summed E-state index contributed by atoms with van der Waals surface area (Å²) in [6.45, 7) is 5.12. The molecular formula is C17H24N4O2S. The van der Waals surface area contributed by atoms with Crippen molar-refractivity contribution >= 4 is 17.7 Å². The zero-order valence-electron chi connectivity index (χ0n) is 14.8. The number of aromatic nitrogens is 3. The van der Waals surface area contributed by atoms with E-state index in [0.29, 0.717) is 13.2 Å². The van der Waals surface area contributed by atoms with Gasteiger partial charge in [0.1, 0.15) is 0 Å². The molecule has 1 heterocycles. The van der Waals surface area contributed by atoms with E-state index in [0.717, 1.165) is 16.5 Å². The lowest BCUT2D eigenvalue weighted by Gasteiger charge is -2.16. The number of carbonyl (C=O) groups is 1. The van der Waals surface area contributed by atoms with Crippen molar-refractivity contribution in [2.24, 2.45) is 0 Å².